The van der Waals surface area contributed by atoms with E-state index in [4.69, 9.17) is 0 Å². The molecule has 0 aliphatic carbocycles. The lowest BCUT2D eigenvalue weighted by Crippen LogP contribution is -2.25. The Morgan fingerprint density at radius 1 is 1.39 bits per heavy atom. The fraction of sp³-hybridized carbons (Fsp3) is 0.727. The minimum absolute atomic E-state index is 0.121. The summed E-state index contributed by atoms with van der Waals surface area (Å²) in [7, 11) is -3.44. The van der Waals surface area contributed by atoms with Crippen LogP contribution < -0.4 is 4.72 Å². The van der Waals surface area contributed by atoms with Crippen molar-refractivity contribution in [3.8, 4) is 0 Å². The van der Waals surface area contributed by atoms with Gasteiger partial charge >= 0.3 is 0 Å². The first-order valence-electron chi connectivity index (χ1n) is 6.10. The molecule has 104 valence electrons. The molecule has 0 spiro atoms. The molecule has 0 aliphatic rings. The summed E-state index contributed by atoms with van der Waals surface area (Å²) in [5.74, 6) is 0.725. The predicted molar refractivity (Wildman–Crippen MR) is 80.6 cm³/mol. The van der Waals surface area contributed by atoms with Crippen molar-refractivity contribution < 1.29 is 8.42 Å². The van der Waals surface area contributed by atoms with Crippen molar-refractivity contribution in [3.05, 3.63) is 12.0 Å². The Bertz CT molecular complexity index is 471. The molecule has 1 rings (SSSR count). The van der Waals surface area contributed by atoms with Gasteiger partial charge in [0.05, 0.1) is 0 Å². The minimum atomic E-state index is -3.44. The minimum Gasteiger partial charge on any atom is -0.334 e. The lowest BCUT2D eigenvalue weighted by Gasteiger charge is -2.03. The third-order valence-electron chi connectivity index (χ3n) is 2.67. The predicted octanol–water partition coefficient (Wildman–Crippen LogP) is 2.10. The molecule has 0 radical (unpaired) electrons. The van der Waals surface area contributed by atoms with Gasteiger partial charge in [0.15, 0.2) is 5.03 Å². The first-order chi connectivity index (χ1) is 8.51. The molecule has 0 saturated heterocycles. The van der Waals surface area contributed by atoms with Gasteiger partial charge in [0.25, 0.3) is 10.0 Å². The van der Waals surface area contributed by atoms with E-state index in [1.165, 1.54) is 0 Å². The lowest BCUT2D eigenvalue weighted by molar-refractivity contribution is 0.573. The summed E-state index contributed by atoms with van der Waals surface area (Å²) in [6.45, 7) is 4.98. The number of imidazole rings is 1. The van der Waals surface area contributed by atoms with E-state index in [1.807, 2.05) is 18.4 Å². The molecule has 0 unspecified atom stereocenters. The highest BCUT2D eigenvalue weighted by Gasteiger charge is 2.17. The van der Waals surface area contributed by atoms with E-state index in [1.54, 1.807) is 6.20 Å². The van der Waals surface area contributed by atoms with Crippen LogP contribution >= 0.6 is 22.6 Å². The molecule has 1 aromatic rings. The summed E-state index contributed by atoms with van der Waals surface area (Å²) < 4.78 is 29.4. The number of halogens is 1. The Hall–Kier alpha value is -0.150. The molecule has 0 atom stereocenters. The largest absolute Gasteiger partial charge is 0.334 e. The molecule has 18 heavy (non-hydrogen) atoms. The van der Waals surface area contributed by atoms with Gasteiger partial charge in [0.1, 0.15) is 5.82 Å². The first-order valence-corrected chi connectivity index (χ1v) is 9.11. The molecule has 0 aromatic carbocycles. The van der Waals surface area contributed by atoms with Gasteiger partial charge in [-0.1, -0.05) is 29.0 Å². The van der Waals surface area contributed by atoms with Gasteiger partial charge in [-0.25, -0.2) is 18.1 Å². The Labute approximate surface area is 123 Å². The van der Waals surface area contributed by atoms with E-state index in [0.29, 0.717) is 6.54 Å². The molecule has 1 heterocycles. The smallest absolute Gasteiger partial charge is 0.259 e. The van der Waals surface area contributed by atoms with Gasteiger partial charge in [-0.15, -0.1) is 0 Å². The van der Waals surface area contributed by atoms with E-state index in [-0.39, 0.29) is 5.03 Å². The van der Waals surface area contributed by atoms with Gasteiger partial charge in [-0.2, -0.15) is 0 Å². The molecule has 1 N–H and O–H groups in total. The summed E-state index contributed by atoms with van der Waals surface area (Å²) in [5, 5.41) is 0.121. The number of alkyl halides is 1. The number of aryl methyl sites for hydroxylation is 2. The normalized spacial score (nSPS) is 11.9. The molecule has 0 saturated carbocycles. The van der Waals surface area contributed by atoms with Crippen LogP contribution in [-0.2, 0) is 16.6 Å². The average Bonchev–Trinajstić information content (AvgIpc) is 2.71. The van der Waals surface area contributed by atoms with Crippen LogP contribution in [-0.4, -0.2) is 28.9 Å². The fourth-order valence-corrected chi connectivity index (χ4v) is 3.22. The third kappa shape index (κ3) is 4.51. The fourth-order valence-electron chi connectivity index (χ4n) is 1.61. The van der Waals surface area contributed by atoms with Crippen molar-refractivity contribution in [1.29, 1.82) is 0 Å². The number of nitrogens with one attached hydrogen (secondary N) is 1. The van der Waals surface area contributed by atoms with Gasteiger partial charge in [-0.3, -0.25) is 0 Å². The van der Waals surface area contributed by atoms with Crippen molar-refractivity contribution >= 4 is 32.6 Å². The van der Waals surface area contributed by atoms with Gasteiger partial charge in [-0.05, 0) is 31.1 Å². The summed E-state index contributed by atoms with van der Waals surface area (Å²) in [6.07, 6.45) is 4.64. The van der Waals surface area contributed by atoms with Gasteiger partial charge in [0.2, 0.25) is 0 Å². The van der Waals surface area contributed by atoms with E-state index >= 15 is 0 Å². The molecular weight excluding hydrogens is 365 g/mol. The zero-order chi connectivity index (χ0) is 13.6. The highest BCUT2D eigenvalue weighted by Crippen LogP contribution is 2.09. The van der Waals surface area contributed by atoms with E-state index < -0.39 is 10.0 Å². The highest BCUT2D eigenvalue weighted by molar-refractivity contribution is 14.1. The first kappa shape index (κ1) is 15.9. The van der Waals surface area contributed by atoms with Crippen molar-refractivity contribution in [1.82, 2.24) is 14.3 Å². The van der Waals surface area contributed by atoms with Crippen LogP contribution in [0.4, 0.5) is 0 Å². The van der Waals surface area contributed by atoms with Gasteiger partial charge in [0, 0.05) is 19.3 Å². The van der Waals surface area contributed by atoms with E-state index in [2.05, 4.69) is 32.3 Å². The van der Waals surface area contributed by atoms with Crippen molar-refractivity contribution in [3.63, 3.8) is 0 Å². The average molecular weight is 385 g/mol. The maximum absolute atomic E-state index is 12.0. The lowest BCUT2D eigenvalue weighted by atomic mass is 10.3. The highest BCUT2D eigenvalue weighted by atomic mass is 127. The molecular formula is C11H20IN3O2S. The van der Waals surface area contributed by atoms with Crippen LogP contribution in [0.5, 0.6) is 0 Å². The number of unbranched alkanes of at least 4 members (excludes halogenated alkanes) is 2. The monoisotopic (exact) mass is 385 g/mol. The number of hydrogen-bond acceptors (Lipinski definition) is 3. The summed E-state index contributed by atoms with van der Waals surface area (Å²) in [5.41, 5.74) is 0. The number of hydrogen-bond donors (Lipinski definition) is 1. The van der Waals surface area contributed by atoms with Crippen LogP contribution in [0.3, 0.4) is 0 Å². The Balaban J connectivity index is 2.57. The summed E-state index contributed by atoms with van der Waals surface area (Å²) >= 11 is 2.32. The van der Waals surface area contributed by atoms with Crippen molar-refractivity contribution in [2.75, 3.05) is 11.0 Å². The van der Waals surface area contributed by atoms with Crippen LogP contribution in [0.15, 0.2) is 11.2 Å². The Morgan fingerprint density at radius 2 is 2.11 bits per heavy atom. The number of aromatic nitrogens is 2. The molecule has 1 aromatic heterocycles. The topological polar surface area (TPSA) is 64.0 Å². The standard InChI is InChI=1S/C11H20IN3O2S/c1-3-15-9-11(14-10(15)2)18(16,17)13-8-6-4-5-7-12/h9,13H,3-8H2,1-2H3. The molecule has 5 nitrogen and oxygen atoms in total. The molecule has 0 bridgehead atoms. The second-order valence-electron chi connectivity index (χ2n) is 4.06. The maximum atomic E-state index is 12.0. The van der Waals surface area contributed by atoms with E-state index in [9.17, 15) is 8.42 Å². The second-order valence-corrected chi connectivity index (χ2v) is 6.85. The number of rotatable bonds is 8. The zero-order valence-electron chi connectivity index (χ0n) is 10.8. The van der Waals surface area contributed by atoms with Crippen LogP contribution in [0, 0.1) is 6.92 Å². The summed E-state index contributed by atoms with van der Waals surface area (Å²) in [6, 6.07) is 0. The third-order valence-corrected chi connectivity index (χ3v) is 4.77. The number of sulfonamides is 1. The maximum Gasteiger partial charge on any atom is 0.259 e. The summed E-state index contributed by atoms with van der Waals surface area (Å²) in [4.78, 5) is 4.08. The molecule has 0 amide bonds. The quantitative estimate of drug-likeness (QED) is 0.424. The van der Waals surface area contributed by atoms with Crippen LogP contribution in [0.1, 0.15) is 32.0 Å². The molecule has 0 fully saturated rings. The SMILES string of the molecule is CCn1cc(S(=O)(=O)NCCCCCI)nc1C. The molecule has 0 aliphatic heterocycles. The van der Waals surface area contributed by atoms with E-state index in [0.717, 1.165) is 36.1 Å². The Kier molecular flexibility index (Phi) is 6.58. The van der Waals surface area contributed by atoms with Crippen LogP contribution in [0.2, 0.25) is 0 Å². The van der Waals surface area contributed by atoms with Gasteiger partial charge < -0.3 is 4.57 Å². The van der Waals surface area contributed by atoms with Crippen molar-refractivity contribution in [2.45, 2.75) is 44.7 Å². The molecule has 7 heteroatoms. The Morgan fingerprint density at radius 3 is 2.67 bits per heavy atom. The van der Waals surface area contributed by atoms with Crippen molar-refractivity contribution in [2.24, 2.45) is 0 Å². The van der Waals surface area contributed by atoms with Crippen LogP contribution in [0.25, 0.3) is 0 Å². The second kappa shape index (κ2) is 7.44. The zero-order valence-corrected chi connectivity index (χ0v) is 13.8. The number of nitrogens with zero attached hydrogens (tertiary/aromatic N) is 2.